The van der Waals surface area contributed by atoms with Crippen LogP contribution in [0.4, 0.5) is 0 Å². The average molecular weight is 332 g/mol. The normalized spacial score (nSPS) is 22.3. The summed E-state index contributed by atoms with van der Waals surface area (Å²) in [6.45, 7) is 4.92. The van der Waals surface area contributed by atoms with E-state index in [1.54, 1.807) is 18.2 Å². The van der Waals surface area contributed by atoms with Crippen LogP contribution in [0.15, 0.2) is 24.3 Å². The third kappa shape index (κ3) is 4.13. The minimum atomic E-state index is -0.909. The van der Waals surface area contributed by atoms with Gasteiger partial charge >= 0.3 is 5.97 Å². The number of benzene rings is 1. The number of hydrogen-bond donors (Lipinski definition) is 1. The third-order valence-electron chi connectivity index (χ3n) is 4.84. The topological polar surface area (TPSA) is 70.1 Å². The van der Waals surface area contributed by atoms with Crippen LogP contribution in [0.5, 0.6) is 0 Å². The molecule has 1 N–H and O–H groups in total. The van der Waals surface area contributed by atoms with Crippen molar-refractivity contribution in [3.05, 3.63) is 35.4 Å². The molecule has 6 nitrogen and oxygen atoms in total. The van der Waals surface area contributed by atoms with Crippen LogP contribution in [0.1, 0.15) is 34.7 Å². The Morgan fingerprint density at radius 3 is 2.75 bits per heavy atom. The minimum Gasteiger partial charge on any atom is -0.478 e. The highest BCUT2D eigenvalue weighted by Crippen LogP contribution is 2.27. The maximum absolute atomic E-state index is 12.6. The largest absolute Gasteiger partial charge is 0.478 e. The van der Waals surface area contributed by atoms with Crippen molar-refractivity contribution >= 4 is 11.9 Å². The van der Waals surface area contributed by atoms with E-state index in [-0.39, 0.29) is 11.8 Å². The van der Waals surface area contributed by atoms with E-state index in [0.717, 1.165) is 38.0 Å². The molecule has 2 aliphatic rings. The number of carboxylic acids is 1. The Hall–Kier alpha value is -1.92. The maximum atomic E-state index is 12.6. The van der Waals surface area contributed by atoms with Gasteiger partial charge in [0.1, 0.15) is 0 Å². The number of ether oxygens (including phenoxy) is 1. The number of rotatable bonds is 4. The van der Waals surface area contributed by atoms with Crippen molar-refractivity contribution in [3.63, 3.8) is 0 Å². The molecule has 1 atom stereocenters. The smallest absolute Gasteiger partial charge is 0.335 e. The van der Waals surface area contributed by atoms with Gasteiger partial charge in [-0.3, -0.25) is 9.69 Å². The number of carbonyl (C=O) groups is 2. The fraction of sp³-hybridized carbons (Fsp3) is 0.556. The van der Waals surface area contributed by atoms with Crippen LogP contribution in [0, 0.1) is 0 Å². The van der Waals surface area contributed by atoms with Crippen LogP contribution in [0.25, 0.3) is 0 Å². The molecule has 3 rings (SSSR count). The van der Waals surface area contributed by atoms with Crippen LogP contribution >= 0.6 is 0 Å². The van der Waals surface area contributed by atoms with Crippen LogP contribution in [0.3, 0.4) is 0 Å². The summed E-state index contributed by atoms with van der Waals surface area (Å²) in [4.78, 5) is 27.8. The van der Waals surface area contributed by atoms with Crippen molar-refractivity contribution in [1.82, 2.24) is 9.80 Å². The first-order valence-electron chi connectivity index (χ1n) is 8.54. The second-order valence-electron chi connectivity index (χ2n) is 6.50. The van der Waals surface area contributed by atoms with Crippen LogP contribution in [-0.4, -0.2) is 72.7 Å². The monoisotopic (exact) mass is 332 g/mol. The zero-order valence-electron chi connectivity index (χ0n) is 13.8. The molecule has 1 aromatic rings. The summed E-state index contributed by atoms with van der Waals surface area (Å²) in [5.41, 5.74) is 1.32. The van der Waals surface area contributed by atoms with Crippen LogP contribution in [-0.2, 0) is 9.53 Å². The van der Waals surface area contributed by atoms with Crippen molar-refractivity contribution < 1.29 is 19.4 Å². The maximum Gasteiger partial charge on any atom is 0.335 e. The summed E-state index contributed by atoms with van der Waals surface area (Å²) in [6, 6.07) is 7.10. The second-order valence-corrected chi connectivity index (χ2v) is 6.50. The molecule has 6 heteroatoms. The van der Waals surface area contributed by atoms with E-state index in [9.17, 15) is 9.59 Å². The Kier molecular flexibility index (Phi) is 5.48. The lowest BCUT2D eigenvalue weighted by atomic mass is 9.89. The molecular formula is C18H24N2O4. The molecule has 2 aliphatic heterocycles. The van der Waals surface area contributed by atoms with E-state index in [1.165, 1.54) is 0 Å². The molecule has 0 bridgehead atoms. The van der Waals surface area contributed by atoms with Gasteiger partial charge in [0.25, 0.3) is 0 Å². The Bertz CT molecular complexity index is 598. The lowest BCUT2D eigenvalue weighted by Crippen LogP contribution is -2.47. The van der Waals surface area contributed by atoms with Crippen molar-refractivity contribution in [3.8, 4) is 0 Å². The first-order valence-corrected chi connectivity index (χ1v) is 8.54. The van der Waals surface area contributed by atoms with Gasteiger partial charge in [-0.1, -0.05) is 12.1 Å². The number of carboxylic acid groups (broad SMARTS) is 1. The summed E-state index contributed by atoms with van der Waals surface area (Å²) in [6.07, 6.45) is 1.95. The highest BCUT2D eigenvalue weighted by Gasteiger charge is 2.26. The summed E-state index contributed by atoms with van der Waals surface area (Å²) in [5, 5.41) is 9.15. The van der Waals surface area contributed by atoms with Crippen molar-refractivity contribution in [1.29, 1.82) is 0 Å². The molecule has 1 unspecified atom stereocenters. The van der Waals surface area contributed by atoms with Gasteiger partial charge in [-0.05, 0) is 30.5 Å². The van der Waals surface area contributed by atoms with Crippen molar-refractivity contribution in [2.45, 2.75) is 18.8 Å². The molecule has 130 valence electrons. The number of nitrogens with zero attached hydrogens (tertiary/aromatic N) is 2. The zero-order valence-corrected chi connectivity index (χ0v) is 13.8. The number of carbonyl (C=O) groups excluding carboxylic acids is 1. The number of piperidine rings is 1. The number of likely N-dealkylation sites (tertiary alicyclic amines) is 1. The molecule has 2 fully saturated rings. The molecule has 2 saturated heterocycles. The molecule has 0 aromatic heterocycles. The van der Waals surface area contributed by atoms with E-state index < -0.39 is 5.97 Å². The van der Waals surface area contributed by atoms with Gasteiger partial charge in [0, 0.05) is 32.1 Å². The molecule has 0 radical (unpaired) electrons. The predicted molar refractivity (Wildman–Crippen MR) is 89.2 cm³/mol. The highest BCUT2D eigenvalue weighted by molar-refractivity contribution is 5.87. The standard InChI is InChI=1S/C18H24N2O4/c21-17(13-19-7-9-24-10-8-19)20-6-2-5-16(12-20)14-3-1-4-15(11-14)18(22)23/h1,3-4,11,16H,2,5-10,12-13H2,(H,22,23). The molecule has 0 spiro atoms. The van der Waals surface area contributed by atoms with Gasteiger partial charge in [-0.15, -0.1) is 0 Å². The lowest BCUT2D eigenvalue weighted by molar-refractivity contribution is -0.134. The Morgan fingerprint density at radius 1 is 1.21 bits per heavy atom. The zero-order chi connectivity index (χ0) is 16.9. The van der Waals surface area contributed by atoms with Gasteiger partial charge < -0.3 is 14.7 Å². The Balaban J connectivity index is 1.62. The van der Waals surface area contributed by atoms with Gasteiger partial charge in [-0.2, -0.15) is 0 Å². The van der Waals surface area contributed by atoms with Crippen molar-refractivity contribution in [2.24, 2.45) is 0 Å². The van der Waals surface area contributed by atoms with Gasteiger partial charge in [0.2, 0.25) is 5.91 Å². The number of hydrogen-bond acceptors (Lipinski definition) is 4. The summed E-state index contributed by atoms with van der Waals surface area (Å²) >= 11 is 0. The van der Waals surface area contributed by atoms with E-state index in [0.29, 0.717) is 31.9 Å². The molecular weight excluding hydrogens is 308 g/mol. The van der Waals surface area contributed by atoms with E-state index >= 15 is 0 Å². The van der Waals surface area contributed by atoms with Gasteiger partial charge in [0.15, 0.2) is 0 Å². The minimum absolute atomic E-state index is 0.163. The predicted octanol–water partition coefficient (Wildman–Crippen LogP) is 1.42. The molecule has 24 heavy (non-hydrogen) atoms. The fourth-order valence-corrected chi connectivity index (χ4v) is 3.45. The first-order chi connectivity index (χ1) is 11.6. The molecule has 0 saturated carbocycles. The first kappa shape index (κ1) is 16.9. The van der Waals surface area contributed by atoms with Gasteiger partial charge in [-0.25, -0.2) is 4.79 Å². The Morgan fingerprint density at radius 2 is 2.00 bits per heavy atom. The number of morpholine rings is 1. The van der Waals surface area contributed by atoms with E-state index in [2.05, 4.69) is 4.90 Å². The van der Waals surface area contributed by atoms with E-state index in [4.69, 9.17) is 9.84 Å². The second kappa shape index (κ2) is 7.77. The molecule has 2 heterocycles. The number of aromatic carboxylic acids is 1. The summed E-state index contributed by atoms with van der Waals surface area (Å²) < 4.78 is 5.32. The fourth-order valence-electron chi connectivity index (χ4n) is 3.45. The van der Waals surface area contributed by atoms with E-state index in [1.807, 2.05) is 11.0 Å². The Labute approximate surface area is 142 Å². The number of amides is 1. The summed E-state index contributed by atoms with van der Waals surface area (Å²) in [7, 11) is 0. The third-order valence-corrected chi connectivity index (χ3v) is 4.84. The van der Waals surface area contributed by atoms with Gasteiger partial charge in [0.05, 0.1) is 25.3 Å². The van der Waals surface area contributed by atoms with Crippen LogP contribution in [0.2, 0.25) is 0 Å². The average Bonchev–Trinajstić information content (AvgIpc) is 2.63. The molecule has 1 amide bonds. The lowest BCUT2D eigenvalue weighted by Gasteiger charge is -2.35. The van der Waals surface area contributed by atoms with Crippen LogP contribution < -0.4 is 0 Å². The highest BCUT2D eigenvalue weighted by atomic mass is 16.5. The van der Waals surface area contributed by atoms with Crippen molar-refractivity contribution in [2.75, 3.05) is 45.9 Å². The molecule has 1 aromatic carbocycles. The molecule has 0 aliphatic carbocycles. The summed E-state index contributed by atoms with van der Waals surface area (Å²) in [5.74, 6) is -0.532. The SMILES string of the molecule is O=C(O)c1cccc(C2CCCN(C(=O)CN3CCOCC3)C2)c1. The quantitative estimate of drug-likeness (QED) is 0.903.